The number of pyridine rings is 1. The molecule has 0 saturated carbocycles. The fourth-order valence-electron chi connectivity index (χ4n) is 3.16. The summed E-state index contributed by atoms with van der Waals surface area (Å²) in [7, 11) is 0. The third kappa shape index (κ3) is 8.51. The van der Waals surface area contributed by atoms with Crippen LogP contribution in [0.15, 0.2) is 54.7 Å². The second-order valence-corrected chi connectivity index (χ2v) is 8.99. The highest BCUT2D eigenvalue weighted by molar-refractivity contribution is 6.36. The van der Waals surface area contributed by atoms with Crippen molar-refractivity contribution in [2.75, 3.05) is 23.8 Å². The molecule has 192 valence electrons. The summed E-state index contributed by atoms with van der Waals surface area (Å²) in [6, 6.07) is 11.6. The maximum atomic E-state index is 12.4. The number of hydrogen-bond acceptors (Lipinski definition) is 5. The molecule has 0 aliphatic carbocycles. The van der Waals surface area contributed by atoms with E-state index in [1.54, 1.807) is 42.5 Å². The zero-order valence-electron chi connectivity index (χ0n) is 19.4. The zero-order chi connectivity index (χ0) is 26.8. The van der Waals surface area contributed by atoms with Gasteiger partial charge in [0.2, 0.25) is 11.6 Å². The smallest absolute Gasteiger partial charge is 0.324 e. The second kappa shape index (κ2) is 13.7. The summed E-state index contributed by atoms with van der Waals surface area (Å²) in [5.41, 5.74) is 7.34. The summed E-state index contributed by atoms with van der Waals surface area (Å²) < 4.78 is 5.78. The topological polar surface area (TPSA) is 123 Å². The van der Waals surface area contributed by atoms with Gasteiger partial charge in [-0.2, -0.15) is 0 Å². The average molecular weight is 562 g/mol. The van der Waals surface area contributed by atoms with Crippen LogP contribution in [0.3, 0.4) is 0 Å². The van der Waals surface area contributed by atoms with Crippen molar-refractivity contribution >= 4 is 63.9 Å². The fraction of sp³-hybridized carbons (Fsp3) is 0.200. The molecule has 37 heavy (non-hydrogen) atoms. The molecule has 0 radical (unpaired) electrons. The van der Waals surface area contributed by atoms with Crippen LogP contribution in [0.1, 0.15) is 12.0 Å². The Morgan fingerprint density at radius 2 is 1.84 bits per heavy atom. The first-order valence-corrected chi connectivity index (χ1v) is 12.2. The Morgan fingerprint density at radius 3 is 2.51 bits per heavy atom. The maximum Gasteiger partial charge on any atom is 0.324 e. The zero-order valence-corrected chi connectivity index (χ0v) is 21.7. The Labute approximate surface area is 229 Å². The molecule has 0 bridgehead atoms. The van der Waals surface area contributed by atoms with E-state index < -0.39 is 12.1 Å². The van der Waals surface area contributed by atoms with Gasteiger partial charge >= 0.3 is 6.03 Å². The SMILES string of the molecule is [C-]#[N+]c1ccc(NC(=O)Nc2cc(Cl)ccc2OCCCNC(=O)C(N)Cc2c(Cl)cccc2Cl)nc1. The molecule has 2 aromatic carbocycles. The molecule has 0 saturated heterocycles. The van der Waals surface area contributed by atoms with Crippen molar-refractivity contribution in [3.63, 3.8) is 0 Å². The van der Waals surface area contributed by atoms with E-state index in [0.717, 1.165) is 0 Å². The molecule has 0 aliphatic heterocycles. The van der Waals surface area contributed by atoms with E-state index in [9.17, 15) is 9.59 Å². The van der Waals surface area contributed by atoms with Crippen molar-refractivity contribution in [1.82, 2.24) is 10.3 Å². The van der Waals surface area contributed by atoms with E-state index in [2.05, 4.69) is 25.8 Å². The first-order chi connectivity index (χ1) is 17.8. The van der Waals surface area contributed by atoms with Crippen LogP contribution in [0.25, 0.3) is 4.85 Å². The summed E-state index contributed by atoms with van der Waals surface area (Å²) in [6.45, 7) is 7.53. The normalized spacial score (nSPS) is 11.2. The van der Waals surface area contributed by atoms with Crippen LogP contribution in [0.5, 0.6) is 5.75 Å². The highest BCUT2D eigenvalue weighted by Gasteiger charge is 2.17. The standard InChI is InChI=1S/C25H23Cl3N6O3/c1-30-16-7-9-23(32-14-16)34-25(36)33-21-12-15(26)6-8-22(21)37-11-3-10-31-24(35)20(29)13-17-18(27)4-2-5-19(17)28/h2,4-9,12,14,20H,3,10-11,13,29H2,(H,31,35)(H2,32,33,34,36). The molecule has 1 atom stereocenters. The summed E-state index contributed by atoms with van der Waals surface area (Å²) in [6.07, 6.45) is 2.05. The van der Waals surface area contributed by atoms with E-state index in [1.165, 1.54) is 12.3 Å². The fourth-order valence-corrected chi connectivity index (χ4v) is 3.88. The minimum Gasteiger partial charge on any atom is -0.491 e. The quantitative estimate of drug-likeness (QED) is 0.187. The molecule has 1 heterocycles. The van der Waals surface area contributed by atoms with Crippen LogP contribution >= 0.6 is 34.8 Å². The van der Waals surface area contributed by atoms with Crippen LogP contribution in [0, 0.1) is 6.57 Å². The molecule has 5 N–H and O–H groups in total. The van der Waals surface area contributed by atoms with Crippen molar-refractivity contribution in [2.45, 2.75) is 18.9 Å². The number of carbonyl (C=O) groups excluding carboxylic acids is 2. The second-order valence-electron chi connectivity index (χ2n) is 7.74. The molecule has 12 heteroatoms. The molecule has 0 spiro atoms. The van der Waals surface area contributed by atoms with E-state index >= 15 is 0 Å². The molecular weight excluding hydrogens is 539 g/mol. The Morgan fingerprint density at radius 1 is 1.08 bits per heavy atom. The number of nitrogens with zero attached hydrogens (tertiary/aromatic N) is 2. The van der Waals surface area contributed by atoms with Crippen molar-refractivity contribution in [1.29, 1.82) is 0 Å². The molecule has 1 aromatic heterocycles. The van der Waals surface area contributed by atoms with Gasteiger partial charge in [-0.3, -0.25) is 15.1 Å². The summed E-state index contributed by atoms with van der Waals surface area (Å²) in [4.78, 5) is 32.0. The molecule has 3 rings (SSSR count). The van der Waals surface area contributed by atoms with E-state index in [1.807, 2.05) is 0 Å². The van der Waals surface area contributed by atoms with Gasteiger partial charge in [0.15, 0.2) is 0 Å². The molecule has 0 aliphatic rings. The van der Waals surface area contributed by atoms with Crippen LogP contribution in [0.2, 0.25) is 15.1 Å². The summed E-state index contributed by atoms with van der Waals surface area (Å²) >= 11 is 18.4. The Bertz CT molecular complexity index is 1280. The van der Waals surface area contributed by atoms with E-state index in [-0.39, 0.29) is 24.8 Å². The predicted octanol–water partition coefficient (Wildman–Crippen LogP) is 5.69. The van der Waals surface area contributed by atoms with Gasteiger partial charge in [0, 0.05) is 27.8 Å². The lowest BCUT2D eigenvalue weighted by atomic mass is 10.1. The third-order valence-corrected chi connectivity index (χ3v) is 5.95. The van der Waals surface area contributed by atoms with Gasteiger partial charge < -0.3 is 21.1 Å². The highest BCUT2D eigenvalue weighted by Crippen LogP contribution is 2.28. The van der Waals surface area contributed by atoms with Crippen molar-refractivity contribution in [3.05, 3.63) is 86.8 Å². The van der Waals surface area contributed by atoms with Crippen LogP contribution in [0.4, 0.5) is 22.0 Å². The van der Waals surface area contributed by atoms with Gasteiger partial charge in [-0.05, 0) is 54.8 Å². The lowest BCUT2D eigenvalue weighted by Gasteiger charge is -2.15. The first kappa shape index (κ1) is 28.0. The molecule has 3 amide bonds. The number of carbonyl (C=O) groups is 2. The number of halogens is 3. The van der Waals surface area contributed by atoms with Gasteiger partial charge in [-0.1, -0.05) is 46.9 Å². The number of nitrogens with two attached hydrogens (primary N) is 1. The van der Waals surface area contributed by atoms with Gasteiger partial charge in [0.25, 0.3) is 0 Å². The lowest BCUT2D eigenvalue weighted by Crippen LogP contribution is -2.42. The van der Waals surface area contributed by atoms with E-state index in [0.29, 0.717) is 50.7 Å². The number of benzene rings is 2. The Balaban J connectivity index is 1.46. The first-order valence-electron chi connectivity index (χ1n) is 11.1. The Kier molecular flexibility index (Phi) is 10.4. The number of ether oxygens (including phenoxy) is 1. The predicted molar refractivity (Wildman–Crippen MR) is 146 cm³/mol. The van der Waals surface area contributed by atoms with Gasteiger partial charge in [-0.15, -0.1) is 0 Å². The third-order valence-electron chi connectivity index (χ3n) is 5.01. The number of amides is 3. The minimum atomic E-state index is -0.809. The maximum absolute atomic E-state index is 12.4. The van der Waals surface area contributed by atoms with Crippen LogP contribution in [-0.4, -0.2) is 36.1 Å². The average Bonchev–Trinajstić information content (AvgIpc) is 2.87. The lowest BCUT2D eigenvalue weighted by molar-refractivity contribution is -0.122. The van der Waals surface area contributed by atoms with Crippen molar-refractivity contribution in [2.24, 2.45) is 5.73 Å². The monoisotopic (exact) mass is 560 g/mol. The minimum absolute atomic E-state index is 0.210. The van der Waals surface area contributed by atoms with Gasteiger partial charge in [-0.25, -0.2) is 9.64 Å². The van der Waals surface area contributed by atoms with Crippen LogP contribution in [-0.2, 0) is 11.2 Å². The number of anilines is 2. The number of urea groups is 1. The van der Waals surface area contributed by atoms with Crippen molar-refractivity contribution in [3.8, 4) is 5.75 Å². The number of hydrogen-bond donors (Lipinski definition) is 4. The van der Waals surface area contributed by atoms with Gasteiger partial charge in [0.05, 0.1) is 24.9 Å². The number of aromatic nitrogens is 1. The van der Waals surface area contributed by atoms with Gasteiger partial charge in [0.1, 0.15) is 11.6 Å². The molecular formula is C25H23Cl3N6O3. The number of rotatable bonds is 10. The number of nitrogens with one attached hydrogen (secondary N) is 3. The Hall–Kier alpha value is -3.55. The molecule has 1 unspecified atom stereocenters. The molecule has 0 fully saturated rings. The van der Waals surface area contributed by atoms with Crippen molar-refractivity contribution < 1.29 is 14.3 Å². The molecule has 9 nitrogen and oxygen atoms in total. The summed E-state index contributed by atoms with van der Waals surface area (Å²) in [5, 5.41) is 9.32. The van der Waals surface area contributed by atoms with Crippen LogP contribution < -0.4 is 26.4 Å². The van der Waals surface area contributed by atoms with E-state index in [4.69, 9.17) is 51.8 Å². The summed E-state index contributed by atoms with van der Waals surface area (Å²) in [5.74, 6) is 0.340. The largest absolute Gasteiger partial charge is 0.491 e. The highest BCUT2D eigenvalue weighted by atomic mass is 35.5. The molecule has 3 aromatic rings.